The summed E-state index contributed by atoms with van der Waals surface area (Å²) in [5.41, 5.74) is 0.537. The van der Waals surface area contributed by atoms with Gasteiger partial charge in [-0.3, -0.25) is 4.79 Å². The molecule has 0 saturated heterocycles. The van der Waals surface area contributed by atoms with Gasteiger partial charge < -0.3 is 9.84 Å². The predicted octanol–water partition coefficient (Wildman–Crippen LogP) is 2.43. The van der Waals surface area contributed by atoms with Crippen LogP contribution in [0.1, 0.15) is 12.5 Å². The second-order valence-electron chi connectivity index (χ2n) is 3.40. The molecule has 0 saturated carbocycles. The lowest BCUT2D eigenvalue weighted by Crippen LogP contribution is -2.10. The number of hydrogen-bond acceptors (Lipinski definition) is 4. The fourth-order valence-electron chi connectivity index (χ4n) is 1.13. The molecule has 19 heavy (non-hydrogen) atoms. The van der Waals surface area contributed by atoms with Crippen molar-refractivity contribution in [1.29, 1.82) is 0 Å². The molecule has 0 aliphatic rings. The van der Waals surface area contributed by atoms with Crippen molar-refractivity contribution in [3.8, 4) is 17.6 Å². The molecule has 0 fully saturated rings. The van der Waals surface area contributed by atoms with Gasteiger partial charge >= 0.3 is 5.97 Å². The van der Waals surface area contributed by atoms with Gasteiger partial charge in [0, 0.05) is 18.0 Å². The molecular formula is C13H11ClO4S. The zero-order valence-corrected chi connectivity index (χ0v) is 11.7. The minimum absolute atomic E-state index is 0.00671. The molecule has 1 aromatic carbocycles. The molecule has 0 atom stereocenters. The largest absolute Gasteiger partial charge is 0.481 e. The first kappa shape index (κ1) is 15.4. The Bertz CT molecular complexity index is 545. The molecule has 4 nitrogen and oxygen atoms in total. The van der Waals surface area contributed by atoms with Crippen LogP contribution in [-0.2, 0) is 9.59 Å². The average molecular weight is 299 g/mol. The molecule has 0 aliphatic heterocycles. The van der Waals surface area contributed by atoms with Gasteiger partial charge in [0.05, 0.1) is 11.3 Å². The Morgan fingerprint density at radius 1 is 1.47 bits per heavy atom. The Kier molecular flexibility index (Phi) is 6.26. The lowest BCUT2D eigenvalue weighted by molar-refractivity contribution is -0.139. The van der Waals surface area contributed by atoms with Gasteiger partial charge in [-0.15, -0.1) is 0 Å². The number of hydrogen-bond donors (Lipinski definition) is 1. The van der Waals surface area contributed by atoms with E-state index in [1.807, 2.05) is 0 Å². The summed E-state index contributed by atoms with van der Waals surface area (Å²) in [5, 5.41) is 9.00. The summed E-state index contributed by atoms with van der Waals surface area (Å²) < 4.78 is 5.10. The van der Waals surface area contributed by atoms with E-state index in [0.29, 0.717) is 22.1 Å². The van der Waals surface area contributed by atoms with Gasteiger partial charge in [-0.25, -0.2) is 4.79 Å². The van der Waals surface area contributed by atoms with Crippen molar-refractivity contribution in [1.82, 2.24) is 0 Å². The fraction of sp³-hybridized carbons (Fsp3) is 0.231. The monoisotopic (exact) mass is 298 g/mol. The van der Waals surface area contributed by atoms with Crippen LogP contribution in [0.4, 0.5) is 0 Å². The molecule has 0 radical (unpaired) electrons. The predicted molar refractivity (Wildman–Crippen MR) is 74.6 cm³/mol. The van der Waals surface area contributed by atoms with Gasteiger partial charge in [-0.05, 0) is 12.1 Å². The molecular weight excluding hydrogens is 288 g/mol. The third-order valence-corrected chi connectivity index (χ3v) is 2.80. The molecule has 1 aromatic rings. The molecule has 0 aromatic heterocycles. The molecule has 0 bridgehead atoms. The Morgan fingerprint density at radius 3 is 2.84 bits per heavy atom. The SMILES string of the molecule is CC(=O)SCC#Cc1ccc(Cl)cc1OCC(=O)O. The van der Waals surface area contributed by atoms with Crippen LogP contribution >= 0.6 is 23.4 Å². The summed E-state index contributed by atoms with van der Waals surface area (Å²) in [7, 11) is 0. The third kappa shape index (κ3) is 6.18. The molecule has 100 valence electrons. The number of aliphatic carboxylic acids is 1. The minimum atomic E-state index is -1.08. The topological polar surface area (TPSA) is 63.6 Å². The number of thioether (sulfide) groups is 1. The van der Waals surface area contributed by atoms with Gasteiger partial charge in [-0.1, -0.05) is 35.2 Å². The third-order valence-electron chi connectivity index (χ3n) is 1.87. The van der Waals surface area contributed by atoms with Crippen LogP contribution in [-0.4, -0.2) is 28.6 Å². The molecule has 0 unspecified atom stereocenters. The van der Waals surface area contributed by atoms with E-state index in [1.54, 1.807) is 12.1 Å². The number of carboxylic acid groups (broad SMARTS) is 1. The number of carbonyl (C=O) groups is 2. The molecule has 6 heteroatoms. The maximum absolute atomic E-state index is 10.7. The Hall–Kier alpha value is -1.64. The van der Waals surface area contributed by atoms with Gasteiger partial charge in [0.15, 0.2) is 11.7 Å². The summed E-state index contributed by atoms with van der Waals surface area (Å²) >= 11 is 6.91. The summed E-state index contributed by atoms with van der Waals surface area (Å²) in [6.45, 7) is 1.01. The molecule has 1 N–H and O–H groups in total. The van der Waals surface area contributed by atoms with E-state index < -0.39 is 12.6 Å². The first-order valence-corrected chi connectivity index (χ1v) is 6.62. The Labute approximate surface area is 120 Å². The average Bonchev–Trinajstić information content (AvgIpc) is 2.33. The zero-order chi connectivity index (χ0) is 14.3. The maximum Gasteiger partial charge on any atom is 0.341 e. The van der Waals surface area contributed by atoms with E-state index >= 15 is 0 Å². The van der Waals surface area contributed by atoms with E-state index in [1.165, 1.54) is 13.0 Å². The number of halogens is 1. The van der Waals surface area contributed by atoms with Gasteiger partial charge in [0.25, 0.3) is 0 Å². The van der Waals surface area contributed by atoms with Crippen LogP contribution in [0.25, 0.3) is 0 Å². The maximum atomic E-state index is 10.7. The van der Waals surface area contributed by atoms with Gasteiger partial charge in [0.2, 0.25) is 0 Å². The molecule has 1 rings (SSSR count). The van der Waals surface area contributed by atoms with Gasteiger partial charge in [-0.2, -0.15) is 0 Å². The zero-order valence-electron chi connectivity index (χ0n) is 10.1. The highest BCUT2D eigenvalue weighted by Crippen LogP contribution is 2.22. The molecule has 0 spiro atoms. The fourth-order valence-corrected chi connectivity index (χ4v) is 1.64. The number of ether oxygens (including phenoxy) is 1. The molecule has 0 aliphatic carbocycles. The smallest absolute Gasteiger partial charge is 0.341 e. The molecule has 0 amide bonds. The minimum Gasteiger partial charge on any atom is -0.481 e. The Balaban J connectivity index is 2.80. The van der Waals surface area contributed by atoms with Crippen molar-refractivity contribution in [2.75, 3.05) is 12.4 Å². The lowest BCUT2D eigenvalue weighted by atomic mass is 10.2. The van der Waals surface area contributed by atoms with Crippen LogP contribution < -0.4 is 4.74 Å². The van der Waals surface area contributed by atoms with Crippen LogP contribution in [0, 0.1) is 11.8 Å². The number of carbonyl (C=O) groups excluding carboxylic acids is 1. The second kappa shape index (κ2) is 7.72. The summed E-state index contributed by atoms with van der Waals surface area (Å²) in [4.78, 5) is 21.2. The molecule has 0 heterocycles. The van der Waals surface area contributed by atoms with Crippen molar-refractivity contribution in [3.05, 3.63) is 28.8 Å². The first-order chi connectivity index (χ1) is 8.99. The van der Waals surface area contributed by atoms with Crippen LogP contribution in [0.2, 0.25) is 5.02 Å². The van der Waals surface area contributed by atoms with E-state index in [-0.39, 0.29) is 5.12 Å². The number of carboxylic acids is 1. The van der Waals surface area contributed by atoms with Crippen LogP contribution in [0.3, 0.4) is 0 Å². The van der Waals surface area contributed by atoms with E-state index in [4.69, 9.17) is 21.4 Å². The first-order valence-electron chi connectivity index (χ1n) is 5.25. The van der Waals surface area contributed by atoms with Crippen molar-refractivity contribution >= 4 is 34.4 Å². The summed E-state index contributed by atoms with van der Waals surface area (Å²) in [5.74, 6) is 5.23. The van der Waals surface area contributed by atoms with E-state index in [9.17, 15) is 9.59 Å². The van der Waals surface area contributed by atoms with Crippen molar-refractivity contribution in [2.24, 2.45) is 0 Å². The summed E-state index contributed by atoms with van der Waals surface area (Å²) in [6, 6.07) is 4.79. The van der Waals surface area contributed by atoms with Crippen molar-refractivity contribution in [3.63, 3.8) is 0 Å². The van der Waals surface area contributed by atoms with E-state index in [0.717, 1.165) is 11.8 Å². The summed E-state index contributed by atoms with van der Waals surface area (Å²) in [6.07, 6.45) is 0. The Morgan fingerprint density at radius 2 is 2.21 bits per heavy atom. The standard InChI is InChI=1S/C13H11ClO4S/c1-9(15)19-6-2-3-10-4-5-11(14)7-12(10)18-8-13(16)17/h4-5,7H,6,8H2,1H3,(H,16,17). The quantitative estimate of drug-likeness (QED) is 0.865. The number of benzene rings is 1. The van der Waals surface area contributed by atoms with Crippen LogP contribution in [0.5, 0.6) is 5.75 Å². The number of rotatable bonds is 4. The normalized spacial score (nSPS) is 9.37. The second-order valence-corrected chi connectivity index (χ2v) is 4.99. The highest BCUT2D eigenvalue weighted by Gasteiger charge is 2.05. The highest BCUT2D eigenvalue weighted by atomic mass is 35.5. The highest BCUT2D eigenvalue weighted by molar-refractivity contribution is 8.13. The van der Waals surface area contributed by atoms with Crippen LogP contribution in [0.15, 0.2) is 18.2 Å². The van der Waals surface area contributed by atoms with E-state index in [2.05, 4.69) is 11.8 Å². The van der Waals surface area contributed by atoms with Crippen molar-refractivity contribution < 1.29 is 19.4 Å². The lowest BCUT2D eigenvalue weighted by Gasteiger charge is -2.06. The van der Waals surface area contributed by atoms with Gasteiger partial charge in [0.1, 0.15) is 5.75 Å². The van der Waals surface area contributed by atoms with Crippen molar-refractivity contribution in [2.45, 2.75) is 6.92 Å².